The number of piperidine rings is 1. The van der Waals surface area contributed by atoms with Crippen molar-refractivity contribution in [2.45, 2.75) is 19.3 Å². The molecule has 0 atom stereocenters. The van der Waals surface area contributed by atoms with Gasteiger partial charge in [-0.25, -0.2) is 4.79 Å². The van der Waals surface area contributed by atoms with Crippen LogP contribution < -0.4 is 15.8 Å². The number of amides is 1. The average Bonchev–Trinajstić information content (AvgIpc) is 2.84. The van der Waals surface area contributed by atoms with Gasteiger partial charge in [-0.15, -0.1) is 0 Å². The summed E-state index contributed by atoms with van der Waals surface area (Å²) in [6.45, 7) is 1.85. The molecule has 1 aliphatic rings. The highest BCUT2D eigenvalue weighted by atomic mass is 35.5. The van der Waals surface area contributed by atoms with Crippen LogP contribution in [-0.4, -0.2) is 19.0 Å². The van der Waals surface area contributed by atoms with Crippen LogP contribution in [0.1, 0.15) is 29.6 Å². The van der Waals surface area contributed by atoms with Crippen LogP contribution in [0.4, 0.5) is 11.4 Å². The van der Waals surface area contributed by atoms with E-state index in [2.05, 4.69) is 10.2 Å². The van der Waals surface area contributed by atoms with Crippen molar-refractivity contribution >= 4 is 39.9 Å². The number of nitrogens with zero attached hydrogens (tertiary/aromatic N) is 1. The highest BCUT2D eigenvalue weighted by molar-refractivity contribution is 6.34. The van der Waals surface area contributed by atoms with Crippen LogP contribution in [-0.2, 0) is 0 Å². The first-order valence-electron chi connectivity index (χ1n) is 11.1. The van der Waals surface area contributed by atoms with Gasteiger partial charge in [0.1, 0.15) is 5.58 Å². The molecular formula is C27H23ClN2O3. The molecule has 0 aliphatic carbocycles. The summed E-state index contributed by atoms with van der Waals surface area (Å²) in [6.07, 6.45) is 3.44. The molecule has 0 saturated carbocycles. The summed E-state index contributed by atoms with van der Waals surface area (Å²) in [5.74, 6) is -0.229. The number of rotatable bonds is 4. The predicted molar refractivity (Wildman–Crippen MR) is 133 cm³/mol. The smallest absolute Gasteiger partial charge is 0.344 e. The lowest BCUT2D eigenvalue weighted by Crippen LogP contribution is -2.30. The third kappa shape index (κ3) is 4.37. The summed E-state index contributed by atoms with van der Waals surface area (Å²) >= 11 is 6.51. The van der Waals surface area contributed by atoms with Gasteiger partial charge in [0.15, 0.2) is 0 Å². The predicted octanol–water partition coefficient (Wildman–Crippen LogP) is 6.36. The maximum Gasteiger partial charge on any atom is 0.344 e. The highest BCUT2D eigenvalue weighted by Gasteiger charge is 2.19. The van der Waals surface area contributed by atoms with Gasteiger partial charge in [-0.3, -0.25) is 4.79 Å². The summed E-state index contributed by atoms with van der Waals surface area (Å²) in [7, 11) is 0. The lowest BCUT2D eigenvalue weighted by atomic mass is 10.0. The fourth-order valence-electron chi connectivity index (χ4n) is 4.31. The van der Waals surface area contributed by atoms with E-state index in [4.69, 9.17) is 16.0 Å². The Balaban J connectivity index is 1.40. The largest absolute Gasteiger partial charge is 0.422 e. The second-order valence-electron chi connectivity index (χ2n) is 8.20. The lowest BCUT2D eigenvalue weighted by molar-refractivity contribution is 0.102. The van der Waals surface area contributed by atoms with Crippen molar-refractivity contribution in [1.29, 1.82) is 0 Å². The molecule has 0 radical (unpaired) electrons. The summed E-state index contributed by atoms with van der Waals surface area (Å²) < 4.78 is 5.43. The zero-order valence-corrected chi connectivity index (χ0v) is 18.8. The molecule has 1 saturated heterocycles. The molecule has 1 aliphatic heterocycles. The second kappa shape index (κ2) is 9.12. The molecule has 3 aromatic carbocycles. The van der Waals surface area contributed by atoms with Crippen molar-refractivity contribution in [3.63, 3.8) is 0 Å². The number of anilines is 2. The normalized spacial score (nSPS) is 13.8. The van der Waals surface area contributed by atoms with Crippen LogP contribution in [0.25, 0.3) is 22.1 Å². The van der Waals surface area contributed by atoms with E-state index in [9.17, 15) is 9.59 Å². The van der Waals surface area contributed by atoms with E-state index >= 15 is 0 Å². The first kappa shape index (κ1) is 21.3. The Morgan fingerprint density at radius 3 is 2.45 bits per heavy atom. The van der Waals surface area contributed by atoms with Crippen LogP contribution in [0.15, 0.2) is 82.0 Å². The van der Waals surface area contributed by atoms with Crippen molar-refractivity contribution in [3.8, 4) is 11.1 Å². The Hall–Kier alpha value is -3.57. The Kier molecular flexibility index (Phi) is 5.88. The summed E-state index contributed by atoms with van der Waals surface area (Å²) in [4.78, 5) is 27.7. The van der Waals surface area contributed by atoms with Gasteiger partial charge >= 0.3 is 5.63 Å². The standard InChI is InChI=1S/C27H23ClN2O3/c28-22-8-6-9-23(25(22)30-15-4-1-5-16-30)29-26(31)19-13-11-18(12-14-19)21-17-20-7-2-3-10-24(20)33-27(21)32/h2-3,6-14,17H,1,4-5,15-16H2,(H,29,31). The molecule has 0 spiro atoms. The first-order valence-corrected chi connectivity index (χ1v) is 11.5. The van der Waals surface area contributed by atoms with Crippen molar-refractivity contribution in [2.24, 2.45) is 0 Å². The second-order valence-corrected chi connectivity index (χ2v) is 8.61. The van der Waals surface area contributed by atoms with Gasteiger partial charge in [-0.1, -0.05) is 48.0 Å². The van der Waals surface area contributed by atoms with Crippen molar-refractivity contribution in [2.75, 3.05) is 23.3 Å². The van der Waals surface area contributed by atoms with E-state index in [-0.39, 0.29) is 5.91 Å². The molecule has 166 valence electrons. The molecule has 33 heavy (non-hydrogen) atoms. The Morgan fingerprint density at radius 1 is 0.909 bits per heavy atom. The van der Waals surface area contributed by atoms with Gasteiger partial charge in [0.25, 0.3) is 5.91 Å². The number of halogens is 1. The van der Waals surface area contributed by atoms with Crippen LogP contribution >= 0.6 is 11.6 Å². The molecule has 0 bridgehead atoms. The number of carbonyl (C=O) groups excluding carboxylic acids is 1. The molecule has 5 rings (SSSR count). The molecule has 1 aromatic heterocycles. The molecule has 5 nitrogen and oxygen atoms in total. The van der Waals surface area contributed by atoms with E-state index in [0.717, 1.165) is 37.0 Å². The van der Waals surface area contributed by atoms with Gasteiger partial charge < -0.3 is 14.6 Å². The first-order chi connectivity index (χ1) is 16.1. The third-order valence-electron chi connectivity index (χ3n) is 6.01. The number of hydrogen-bond acceptors (Lipinski definition) is 4. The van der Waals surface area contributed by atoms with Crippen molar-refractivity contribution < 1.29 is 9.21 Å². The van der Waals surface area contributed by atoms with Crippen molar-refractivity contribution in [1.82, 2.24) is 0 Å². The van der Waals surface area contributed by atoms with E-state index in [1.54, 1.807) is 30.3 Å². The molecule has 1 N–H and O–H groups in total. The van der Waals surface area contributed by atoms with Gasteiger partial charge in [-0.2, -0.15) is 0 Å². The van der Waals surface area contributed by atoms with Gasteiger partial charge in [-0.05, 0) is 61.2 Å². The van der Waals surface area contributed by atoms with E-state index < -0.39 is 5.63 Å². The van der Waals surface area contributed by atoms with E-state index in [1.807, 2.05) is 42.5 Å². The van der Waals surface area contributed by atoms with Crippen LogP contribution in [0.2, 0.25) is 5.02 Å². The van der Waals surface area contributed by atoms with E-state index in [0.29, 0.717) is 33.0 Å². The van der Waals surface area contributed by atoms with Gasteiger partial charge in [0.2, 0.25) is 0 Å². The van der Waals surface area contributed by atoms with Crippen LogP contribution in [0.3, 0.4) is 0 Å². The van der Waals surface area contributed by atoms with Crippen LogP contribution in [0, 0.1) is 0 Å². The van der Waals surface area contributed by atoms with Gasteiger partial charge in [0, 0.05) is 24.0 Å². The molecule has 1 fully saturated rings. The number of para-hydroxylation sites is 2. The fraction of sp³-hybridized carbons (Fsp3) is 0.185. The SMILES string of the molecule is O=C(Nc1cccc(Cl)c1N1CCCCC1)c1ccc(-c2cc3ccccc3oc2=O)cc1. The topological polar surface area (TPSA) is 62.6 Å². The summed E-state index contributed by atoms with van der Waals surface area (Å²) in [5.41, 5.74) is 3.37. The summed E-state index contributed by atoms with van der Waals surface area (Å²) in [5, 5.41) is 4.49. The minimum absolute atomic E-state index is 0.229. The number of benzene rings is 3. The Bertz CT molecular complexity index is 1370. The van der Waals surface area contributed by atoms with E-state index in [1.165, 1.54) is 6.42 Å². The number of hydrogen-bond donors (Lipinski definition) is 1. The third-order valence-corrected chi connectivity index (χ3v) is 6.31. The minimum Gasteiger partial charge on any atom is -0.422 e. The Labute approximate surface area is 196 Å². The number of carbonyl (C=O) groups is 1. The maximum atomic E-state index is 13.0. The Morgan fingerprint density at radius 2 is 1.67 bits per heavy atom. The lowest BCUT2D eigenvalue weighted by Gasteiger charge is -2.31. The molecule has 4 aromatic rings. The zero-order valence-electron chi connectivity index (χ0n) is 18.0. The number of fused-ring (bicyclic) bond motifs is 1. The fourth-order valence-corrected chi connectivity index (χ4v) is 4.61. The minimum atomic E-state index is -0.406. The van der Waals surface area contributed by atoms with Gasteiger partial charge in [0.05, 0.1) is 22.0 Å². The average molecular weight is 459 g/mol. The molecule has 2 heterocycles. The molecule has 6 heteroatoms. The highest BCUT2D eigenvalue weighted by Crippen LogP contribution is 2.36. The molecule has 0 unspecified atom stereocenters. The maximum absolute atomic E-state index is 13.0. The molecular weight excluding hydrogens is 436 g/mol. The monoisotopic (exact) mass is 458 g/mol. The zero-order chi connectivity index (χ0) is 22.8. The number of nitrogens with one attached hydrogen (secondary N) is 1. The molecule has 1 amide bonds. The quantitative estimate of drug-likeness (QED) is 0.361. The van der Waals surface area contributed by atoms with Crippen molar-refractivity contribution in [3.05, 3.63) is 93.8 Å². The van der Waals surface area contributed by atoms with Crippen LogP contribution in [0.5, 0.6) is 0 Å². The summed E-state index contributed by atoms with van der Waals surface area (Å²) in [6, 6.07) is 21.7.